The molecule has 0 N–H and O–H groups in total. The van der Waals surface area contributed by atoms with Crippen molar-refractivity contribution >= 4 is 17.5 Å². The first-order valence-electron chi connectivity index (χ1n) is 10.3. The second-order valence-electron chi connectivity index (χ2n) is 8.12. The second kappa shape index (κ2) is 10.2. The van der Waals surface area contributed by atoms with E-state index in [2.05, 4.69) is 44.8 Å². The zero-order chi connectivity index (χ0) is 21.6. The zero-order valence-corrected chi connectivity index (χ0v) is 18.5. The predicted molar refractivity (Wildman–Crippen MR) is 118 cm³/mol. The fourth-order valence-electron chi connectivity index (χ4n) is 3.40. The molecule has 0 bridgehead atoms. The summed E-state index contributed by atoms with van der Waals surface area (Å²) >= 11 is 0. The van der Waals surface area contributed by atoms with Crippen LogP contribution >= 0.6 is 0 Å². The van der Waals surface area contributed by atoms with Crippen molar-refractivity contribution in [3.05, 3.63) is 59.4 Å². The molecule has 2 rings (SSSR count). The highest BCUT2D eigenvalue weighted by Crippen LogP contribution is 2.35. The minimum Gasteiger partial charge on any atom is -0.344 e. The summed E-state index contributed by atoms with van der Waals surface area (Å²) in [6.45, 7) is 10.6. The highest BCUT2D eigenvalue weighted by Gasteiger charge is 2.25. The van der Waals surface area contributed by atoms with Gasteiger partial charge in [-0.25, -0.2) is 0 Å². The van der Waals surface area contributed by atoms with Gasteiger partial charge in [-0.2, -0.15) is 0 Å². The predicted octanol–water partition coefficient (Wildman–Crippen LogP) is 4.38. The van der Waals surface area contributed by atoms with E-state index in [1.807, 2.05) is 18.2 Å². The van der Waals surface area contributed by atoms with Gasteiger partial charge < -0.3 is 9.80 Å². The molecule has 0 aliphatic rings. The molecule has 1 aromatic carbocycles. The van der Waals surface area contributed by atoms with Crippen molar-refractivity contribution in [3.63, 3.8) is 0 Å². The Bertz CT molecular complexity index is 805. The average molecular weight is 396 g/mol. The molecule has 0 atom stereocenters. The maximum Gasteiger partial charge on any atom is 0.242 e. The van der Waals surface area contributed by atoms with Crippen molar-refractivity contribution in [2.75, 3.05) is 25.0 Å². The van der Waals surface area contributed by atoms with Crippen LogP contribution in [-0.2, 0) is 16.0 Å². The largest absolute Gasteiger partial charge is 0.344 e. The molecular formula is C24H33N3O2. The Morgan fingerprint density at radius 1 is 0.966 bits per heavy atom. The van der Waals surface area contributed by atoms with Gasteiger partial charge >= 0.3 is 0 Å². The smallest absolute Gasteiger partial charge is 0.242 e. The van der Waals surface area contributed by atoms with Crippen LogP contribution in [-0.4, -0.2) is 41.8 Å². The van der Waals surface area contributed by atoms with E-state index in [-0.39, 0.29) is 30.2 Å². The molecule has 1 aromatic heterocycles. The Balaban J connectivity index is 2.24. The lowest BCUT2D eigenvalue weighted by Crippen LogP contribution is -2.42. The molecular weight excluding hydrogens is 362 g/mol. The minimum absolute atomic E-state index is 0.0473. The number of para-hydroxylation sites is 1. The number of amides is 2. The van der Waals surface area contributed by atoms with Gasteiger partial charge in [-0.3, -0.25) is 14.6 Å². The molecule has 5 heteroatoms. The van der Waals surface area contributed by atoms with Crippen molar-refractivity contribution in [1.82, 2.24) is 9.88 Å². The number of anilines is 1. The molecule has 0 aliphatic carbocycles. The molecule has 29 heavy (non-hydrogen) atoms. The van der Waals surface area contributed by atoms with Crippen LogP contribution in [0.3, 0.4) is 0 Å². The Morgan fingerprint density at radius 3 is 2.00 bits per heavy atom. The third-order valence-corrected chi connectivity index (χ3v) is 5.20. The molecule has 0 aliphatic heterocycles. The van der Waals surface area contributed by atoms with E-state index < -0.39 is 0 Å². The summed E-state index contributed by atoms with van der Waals surface area (Å²) in [5.41, 5.74) is 4.22. The fraction of sp³-hybridized carbons (Fsp3) is 0.458. The van der Waals surface area contributed by atoms with Crippen LogP contribution in [0, 0.1) is 0 Å². The average Bonchev–Trinajstić information content (AvgIpc) is 2.69. The van der Waals surface area contributed by atoms with Crippen LogP contribution in [0.25, 0.3) is 0 Å². The minimum atomic E-state index is -0.115. The van der Waals surface area contributed by atoms with Gasteiger partial charge in [0.15, 0.2) is 0 Å². The van der Waals surface area contributed by atoms with Crippen molar-refractivity contribution in [2.24, 2.45) is 0 Å². The summed E-state index contributed by atoms with van der Waals surface area (Å²) in [6, 6.07) is 10.1. The zero-order valence-electron chi connectivity index (χ0n) is 18.5. The monoisotopic (exact) mass is 395 g/mol. The molecule has 0 unspecified atom stereocenters. The van der Waals surface area contributed by atoms with E-state index in [1.54, 1.807) is 29.2 Å². The lowest BCUT2D eigenvalue weighted by Gasteiger charge is -2.30. The van der Waals surface area contributed by atoms with Crippen LogP contribution in [0.15, 0.2) is 42.7 Å². The van der Waals surface area contributed by atoms with Gasteiger partial charge in [0.05, 0.1) is 5.69 Å². The molecule has 156 valence electrons. The lowest BCUT2D eigenvalue weighted by molar-refractivity contribution is -0.130. The lowest BCUT2D eigenvalue weighted by atomic mass is 9.91. The summed E-state index contributed by atoms with van der Waals surface area (Å²) in [6.07, 6.45) is 4.26. The first-order valence-corrected chi connectivity index (χ1v) is 10.3. The molecule has 0 spiro atoms. The van der Waals surface area contributed by atoms with E-state index >= 15 is 0 Å². The molecule has 2 amide bonds. The number of hydrogen-bond acceptors (Lipinski definition) is 3. The second-order valence-corrected chi connectivity index (χ2v) is 8.12. The summed E-state index contributed by atoms with van der Waals surface area (Å²) in [5, 5.41) is 0. The molecule has 0 saturated heterocycles. The molecule has 5 nitrogen and oxygen atoms in total. The van der Waals surface area contributed by atoms with Crippen molar-refractivity contribution in [2.45, 2.75) is 52.9 Å². The van der Waals surface area contributed by atoms with Crippen molar-refractivity contribution in [1.29, 1.82) is 0 Å². The van der Waals surface area contributed by atoms with Gasteiger partial charge in [0.25, 0.3) is 0 Å². The molecule has 2 aromatic rings. The first-order chi connectivity index (χ1) is 13.7. The van der Waals surface area contributed by atoms with Crippen LogP contribution in [0.2, 0.25) is 0 Å². The Hall–Kier alpha value is -2.69. The third-order valence-electron chi connectivity index (χ3n) is 5.20. The third kappa shape index (κ3) is 5.89. The molecule has 0 fully saturated rings. The molecule has 0 saturated carbocycles. The van der Waals surface area contributed by atoms with E-state index in [9.17, 15) is 9.59 Å². The van der Waals surface area contributed by atoms with Gasteiger partial charge in [0.1, 0.15) is 6.54 Å². The highest BCUT2D eigenvalue weighted by atomic mass is 16.2. The number of nitrogens with zero attached hydrogens (tertiary/aromatic N) is 3. The normalized spacial score (nSPS) is 11.0. The Morgan fingerprint density at radius 2 is 1.52 bits per heavy atom. The first kappa shape index (κ1) is 22.6. The summed E-state index contributed by atoms with van der Waals surface area (Å²) < 4.78 is 0. The summed E-state index contributed by atoms with van der Waals surface area (Å²) in [7, 11) is 1.79. The maximum absolute atomic E-state index is 12.9. The van der Waals surface area contributed by atoms with Gasteiger partial charge in [-0.1, -0.05) is 45.9 Å². The number of hydrogen-bond donors (Lipinski definition) is 0. The highest BCUT2D eigenvalue weighted by molar-refractivity contribution is 5.99. The topological polar surface area (TPSA) is 53.5 Å². The van der Waals surface area contributed by atoms with E-state index in [1.165, 1.54) is 6.92 Å². The number of pyridine rings is 1. The van der Waals surface area contributed by atoms with Crippen LogP contribution in [0.4, 0.5) is 5.69 Å². The van der Waals surface area contributed by atoms with Gasteiger partial charge in [-0.05, 0) is 47.1 Å². The fourth-order valence-corrected chi connectivity index (χ4v) is 3.40. The molecule has 0 radical (unpaired) electrons. The summed E-state index contributed by atoms with van der Waals surface area (Å²) in [5.74, 6) is 0.327. The quantitative estimate of drug-likeness (QED) is 0.666. The van der Waals surface area contributed by atoms with Gasteiger partial charge in [0, 0.05) is 32.9 Å². The Kier molecular flexibility index (Phi) is 7.94. The van der Waals surface area contributed by atoms with Gasteiger partial charge in [0.2, 0.25) is 11.8 Å². The number of carbonyl (C=O) groups is 2. The maximum atomic E-state index is 12.9. The van der Waals surface area contributed by atoms with Crippen LogP contribution in [0.1, 0.15) is 63.1 Å². The van der Waals surface area contributed by atoms with E-state index in [0.717, 1.165) is 28.8 Å². The number of carbonyl (C=O) groups excluding carboxylic acids is 2. The number of aromatic nitrogens is 1. The summed E-state index contributed by atoms with van der Waals surface area (Å²) in [4.78, 5) is 32.9. The van der Waals surface area contributed by atoms with Crippen LogP contribution < -0.4 is 4.90 Å². The SMILES string of the molecule is CC(=O)N(CC(=O)N(C)CCc1ccncc1)c1c(C(C)C)cccc1C(C)C. The van der Waals surface area contributed by atoms with Gasteiger partial charge in [-0.15, -0.1) is 0 Å². The molecule has 1 heterocycles. The Labute approximate surface area is 174 Å². The number of benzene rings is 1. The van der Waals surface area contributed by atoms with Crippen molar-refractivity contribution < 1.29 is 9.59 Å². The van der Waals surface area contributed by atoms with E-state index in [4.69, 9.17) is 0 Å². The van der Waals surface area contributed by atoms with Crippen molar-refractivity contribution in [3.8, 4) is 0 Å². The number of likely N-dealkylation sites (N-methyl/N-ethyl adjacent to an activating group) is 1. The standard InChI is InChI=1S/C24H33N3O2/c1-17(2)21-8-7-9-22(18(3)4)24(21)27(19(5)28)16-23(29)26(6)15-12-20-10-13-25-14-11-20/h7-11,13-14,17-18H,12,15-16H2,1-6H3. The van der Waals surface area contributed by atoms with Crippen LogP contribution in [0.5, 0.6) is 0 Å². The number of rotatable bonds is 8. The van der Waals surface area contributed by atoms with E-state index in [0.29, 0.717) is 6.54 Å².